The van der Waals surface area contributed by atoms with E-state index in [2.05, 4.69) is 4.74 Å². The minimum atomic E-state index is -0.326. The van der Waals surface area contributed by atoms with Crippen LogP contribution in [0.25, 0.3) is 0 Å². The van der Waals surface area contributed by atoms with Gasteiger partial charge >= 0.3 is 5.97 Å². The Bertz CT molecular complexity index is 355. The highest BCUT2D eigenvalue weighted by atomic mass is 16.7. The average Bonchev–Trinajstić information content (AvgIpc) is 2.82. The number of carbonyl (C=O) groups excluding carboxylic acids is 1. The molecule has 1 aromatic carbocycles. The number of hydrogen-bond acceptors (Lipinski definition) is 4. The summed E-state index contributed by atoms with van der Waals surface area (Å²) in [7, 11) is 1.37. The van der Waals surface area contributed by atoms with Crippen LogP contribution >= 0.6 is 0 Å². The standard InChI is InChI=1S/C12H15NO3/c1-15-12(14)10-4-6-11(7-5-10)16-13-8-2-3-9-13/h4-7H,2-3,8-9H2,1H3. The number of rotatable bonds is 3. The van der Waals surface area contributed by atoms with Crippen molar-refractivity contribution in [2.24, 2.45) is 0 Å². The molecule has 0 atom stereocenters. The molecule has 0 spiro atoms. The van der Waals surface area contributed by atoms with Crippen molar-refractivity contribution in [1.29, 1.82) is 0 Å². The van der Waals surface area contributed by atoms with Crippen molar-refractivity contribution in [2.75, 3.05) is 20.2 Å². The minimum absolute atomic E-state index is 0.326. The van der Waals surface area contributed by atoms with Crippen LogP contribution in [0, 0.1) is 0 Å². The van der Waals surface area contributed by atoms with Crippen molar-refractivity contribution in [3.8, 4) is 5.75 Å². The molecule has 0 N–H and O–H groups in total. The quantitative estimate of drug-likeness (QED) is 0.730. The average molecular weight is 221 g/mol. The van der Waals surface area contributed by atoms with E-state index in [-0.39, 0.29) is 5.97 Å². The van der Waals surface area contributed by atoms with Crippen LogP contribution in [-0.4, -0.2) is 31.2 Å². The molecule has 1 aliphatic rings. The summed E-state index contributed by atoms with van der Waals surface area (Å²) in [5.41, 5.74) is 0.538. The molecule has 0 saturated carbocycles. The maximum Gasteiger partial charge on any atom is 0.337 e. The van der Waals surface area contributed by atoms with Gasteiger partial charge in [0, 0.05) is 13.1 Å². The van der Waals surface area contributed by atoms with E-state index < -0.39 is 0 Å². The van der Waals surface area contributed by atoms with E-state index in [1.807, 2.05) is 5.06 Å². The molecule has 1 saturated heterocycles. The van der Waals surface area contributed by atoms with Crippen molar-refractivity contribution in [3.05, 3.63) is 29.8 Å². The smallest absolute Gasteiger partial charge is 0.337 e. The first kappa shape index (κ1) is 11.0. The van der Waals surface area contributed by atoms with Gasteiger partial charge in [-0.3, -0.25) is 0 Å². The summed E-state index contributed by atoms with van der Waals surface area (Å²) >= 11 is 0. The summed E-state index contributed by atoms with van der Waals surface area (Å²) in [6.07, 6.45) is 2.36. The molecule has 86 valence electrons. The van der Waals surface area contributed by atoms with Gasteiger partial charge in [-0.1, -0.05) is 0 Å². The highest BCUT2D eigenvalue weighted by Gasteiger charge is 2.13. The third-order valence-corrected chi connectivity index (χ3v) is 2.57. The minimum Gasteiger partial charge on any atom is -0.465 e. The zero-order valence-corrected chi connectivity index (χ0v) is 9.31. The van der Waals surface area contributed by atoms with Gasteiger partial charge < -0.3 is 9.57 Å². The molecule has 1 aromatic rings. The van der Waals surface area contributed by atoms with Crippen LogP contribution in [0.2, 0.25) is 0 Å². The molecule has 2 rings (SSSR count). The topological polar surface area (TPSA) is 38.8 Å². The molecule has 0 aliphatic carbocycles. The Kier molecular flexibility index (Phi) is 3.41. The van der Waals surface area contributed by atoms with Crippen LogP contribution in [0.3, 0.4) is 0 Å². The molecule has 0 radical (unpaired) electrons. The Morgan fingerprint density at radius 3 is 2.38 bits per heavy atom. The van der Waals surface area contributed by atoms with Crippen LogP contribution in [0.4, 0.5) is 0 Å². The Morgan fingerprint density at radius 2 is 1.81 bits per heavy atom. The van der Waals surface area contributed by atoms with Gasteiger partial charge in [0.05, 0.1) is 12.7 Å². The number of esters is 1. The Morgan fingerprint density at radius 1 is 1.19 bits per heavy atom. The second-order valence-electron chi connectivity index (χ2n) is 3.74. The van der Waals surface area contributed by atoms with Gasteiger partial charge in [0.1, 0.15) is 5.75 Å². The zero-order valence-electron chi connectivity index (χ0n) is 9.31. The first-order chi connectivity index (χ1) is 7.79. The lowest BCUT2D eigenvalue weighted by Gasteiger charge is -2.15. The van der Waals surface area contributed by atoms with Gasteiger partial charge in [-0.2, -0.15) is 0 Å². The summed E-state index contributed by atoms with van der Waals surface area (Å²) in [6, 6.07) is 6.98. The number of hydroxylamine groups is 2. The van der Waals surface area contributed by atoms with Crippen molar-refractivity contribution in [3.63, 3.8) is 0 Å². The lowest BCUT2D eigenvalue weighted by molar-refractivity contribution is -0.0346. The Hall–Kier alpha value is -1.55. The monoisotopic (exact) mass is 221 g/mol. The molecule has 1 fully saturated rings. The van der Waals surface area contributed by atoms with Crippen molar-refractivity contribution < 1.29 is 14.4 Å². The number of hydrogen-bond donors (Lipinski definition) is 0. The van der Waals surface area contributed by atoms with Gasteiger partial charge in [0.2, 0.25) is 0 Å². The molecule has 0 unspecified atom stereocenters. The summed E-state index contributed by atoms with van der Waals surface area (Å²) < 4.78 is 4.62. The summed E-state index contributed by atoms with van der Waals surface area (Å²) in [4.78, 5) is 16.8. The lowest BCUT2D eigenvalue weighted by atomic mass is 10.2. The van der Waals surface area contributed by atoms with E-state index >= 15 is 0 Å². The van der Waals surface area contributed by atoms with Crippen LogP contribution in [-0.2, 0) is 4.74 Å². The van der Waals surface area contributed by atoms with E-state index in [1.54, 1.807) is 24.3 Å². The molecule has 0 bridgehead atoms. The Balaban J connectivity index is 1.98. The van der Waals surface area contributed by atoms with Crippen LogP contribution in [0.1, 0.15) is 23.2 Å². The van der Waals surface area contributed by atoms with Crippen molar-refractivity contribution in [1.82, 2.24) is 5.06 Å². The second kappa shape index (κ2) is 4.99. The first-order valence-electron chi connectivity index (χ1n) is 5.41. The predicted molar refractivity (Wildman–Crippen MR) is 59.2 cm³/mol. The highest BCUT2D eigenvalue weighted by molar-refractivity contribution is 5.89. The van der Waals surface area contributed by atoms with E-state index in [0.717, 1.165) is 18.8 Å². The van der Waals surface area contributed by atoms with Crippen LogP contribution in [0.5, 0.6) is 5.75 Å². The number of ether oxygens (including phenoxy) is 1. The van der Waals surface area contributed by atoms with Crippen LogP contribution < -0.4 is 4.84 Å². The van der Waals surface area contributed by atoms with Gasteiger partial charge in [-0.05, 0) is 37.1 Å². The van der Waals surface area contributed by atoms with Crippen LogP contribution in [0.15, 0.2) is 24.3 Å². The summed E-state index contributed by atoms with van der Waals surface area (Å²) in [5.74, 6) is 0.433. The van der Waals surface area contributed by atoms with E-state index in [4.69, 9.17) is 4.84 Å². The number of benzene rings is 1. The fourth-order valence-corrected chi connectivity index (χ4v) is 1.70. The molecule has 16 heavy (non-hydrogen) atoms. The molecular formula is C12H15NO3. The molecule has 0 amide bonds. The second-order valence-corrected chi connectivity index (χ2v) is 3.74. The van der Waals surface area contributed by atoms with Gasteiger partial charge in [-0.15, -0.1) is 5.06 Å². The SMILES string of the molecule is COC(=O)c1ccc(ON2CCCC2)cc1. The maximum absolute atomic E-state index is 11.2. The number of methoxy groups -OCH3 is 1. The molecule has 1 aliphatic heterocycles. The van der Waals surface area contributed by atoms with Gasteiger partial charge in [0.25, 0.3) is 0 Å². The normalized spacial score (nSPS) is 16.1. The predicted octanol–water partition coefficient (Wildman–Crippen LogP) is 1.86. The van der Waals surface area contributed by atoms with Gasteiger partial charge in [-0.25, -0.2) is 4.79 Å². The fraction of sp³-hybridized carbons (Fsp3) is 0.417. The molecule has 4 heteroatoms. The van der Waals surface area contributed by atoms with Gasteiger partial charge in [0.15, 0.2) is 0 Å². The van der Waals surface area contributed by atoms with E-state index in [0.29, 0.717) is 5.56 Å². The van der Waals surface area contributed by atoms with Crippen molar-refractivity contribution in [2.45, 2.75) is 12.8 Å². The zero-order chi connectivity index (χ0) is 11.4. The largest absolute Gasteiger partial charge is 0.465 e. The Labute approximate surface area is 94.7 Å². The summed E-state index contributed by atoms with van der Waals surface area (Å²) in [5, 5.41) is 1.94. The van der Waals surface area contributed by atoms with Crippen molar-refractivity contribution >= 4 is 5.97 Å². The highest BCUT2D eigenvalue weighted by Crippen LogP contribution is 2.16. The van der Waals surface area contributed by atoms with E-state index in [9.17, 15) is 4.79 Å². The molecule has 4 nitrogen and oxygen atoms in total. The molecular weight excluding hydrogens is 206 g/mol. The maximum atomic E-state index is 11.2. The molecule has 1 heterocycles. The first-order valence-corrected chi connectivity index (χ1v) is 5.41. The third-order valence-electron chi connectivity index (χ3n) is 2.57. The number of nitrogens with zero attached hydrogens (tertiary/aromatic N) is 1. The third kappa shape index (κ3) is 2.52. The molecule has 0 aromatic heterocycles. The number of carbonyl (C=O) groups is 1. The van der Waals surface area contributed by atoms with E-state index in [1.165, 1.54) is 20.0 Å². The summed E-state index contributed by atoms with van der Waals surface area (Å²) in [6.45, 7) is 1.94. The fourth-order valence-electron chi connectivity index (χ4n) is 1.70. The lowest BCUT2D eigenvalue weighted by Crippen LogP contribution is -2.23.